The standard InChI is InChI=1S/C18H27NO/c1-14-6-7-16(11-15(14)2)12-19-10-4-9-18(13-19)8-3-5-17(18)20/h6-7,11,17,20H,3-5,8-10,12-13H2,1-2H3/t17-,18+/m1/s1. The predicted octanol–water partition coefficient (Wildman–Crippen LogP) is 3.43. The molecule has 2 atom stereocenters. The minimum Gasteiger partial charge on any atom is -0.393 e. The number of rotatable bonds is 2. The minimum absolute atomic E-state index is 0.0648. The molecule has 3 rings (SSSR count). The zero-order chi connectivity index (χ0) is 14.2. The number of aryl methyl sites for hydroxylation is 2. The number of aliphatic hydroxyl groups is 1. The van der Waals surface area contributed by atoms with Crippen molar-refractivity contribution in [2.75, 3.05) is 13.1 Å². The second-order valence-electron chi connectivity index (χ2n) is 7.00. The van der Waals surface area contributed by atoms with Crippen LogP contribution in [0.25, 0.3) is 0 Å². The van der Waals surface area contributed by atoms with Crippen molar-refractivity contribution in [2.45, 2.75) is 58.6 Å². The van der Waals surface area contributed by atoms with Crippen molar-refractivity contribution in [1.82, 2.24) is 4.90 Å². The van der Waals surface area contributed by atoms with Crippen molar-refractivity contribution in [3.8, 4) is 0 Å². The Morgan fingerprint density at radius 1 is 1.20 bits per heavy atom. The van der Waals surface area contributed by atoms with E-state index in [1.807, 2.05) is 0 Å². The van der Waals surface area contributed by atoms with Gasteiger partial charge in [-0.05, 0) is 62.8 Å². The molecule has 0 aromatic heterocycles. The van der Waals surface area contributed by atoms with Crippen LogP contribution in [0, 0.1) is 19.3 Å². The number of piperidine rings is 1. The molecule has 1 aliphatic carbocycles. The Morgan fingerprint density at radius 3 is 2.70 bits per heavy atom. The van der Waals surface area contributed by atoms with Crippen molar-refractivity contribution < 1.29 is 5.11 Å². The van der Waals surface area contributed by atoms with Gasteiger partial charge in [-0.1, -0.05) is 24.6 Å². The molecule has 1 aliphatic heterocycles. The van der Waals surface area contributed by atoms with Gasteiger partial charge in [-0.2, -0.15) is 0 Å². The maximum atomic E-state index is 10.3. The Bertz CT molecular complexity index is 484. The van der Waals surface area contributed by atoms with Crippen LogP contribution in [-0.4, -0.2) is 29.2 Å². The van der Waals surface area contributed by atoms with Crippen LogP contribution in [0.15, 0.2) is 18.2 Å². The molecule has 1 saturated carbocycles. The van der Waals surface area contributed by atoms with Crippen LogP contribution in [0.3, 0.4) is 0 Å². The third-order valence-electron chi connectivity index (χ3n) is 5.52. The van der Waals surface area contributed by atoms with E-state index in [-0.39, 0.29) is 11.5 Å². The molecule has 1 spiro atoms. The number of hydrogen-bond donors (Lipinski definition) is 1. The lowest BCUT2D eigenvalue weighted by Crippen LogP contribution is -2.46. The van der Waals surface area contributed by atoms with Crippen LogP contribution < -0.4 is 0 Å². The first kappa shape index (κ1) is 14.1. The van der Waals surface area contributed by atoms with E-state index in [0.29, 0.717) is 0 Å². The summed E-state index contributed by atoms with van der Waals surface area (Å²) in [4.78, 5) is 2.56. The van der Waals surface area contributed by atoms with Gasteiger partial charge in [0.25, 0.3) is 0 Å². The van der Waals surface area contributed by atoms with Gasteiger partial charge in [-0.15, -0.1) is 0 Å². The van der Waals surface area contributed by atoms with Gasteiger partial charge in [0.15, 0.2) is 0 Å². The fourth-order valence-electron chi connectivity index (χ4n) is 4.15. The Morgan fingerprint density at radius 2 is 2.00 bits per heavy atom. The Hall–Kier alpha value is -0.860. The maximum absolute atomic E-state index is 10.3. The van der Waals surface area contributed by atoms with E-state index in [4.69, 9.17) is 0 Å². The Balaban J connectivity index is 1.69. The van der Waals surface area contributed by atoms with E-state index in [1.54, 1.807) is 0 Å². The highest BCUT2D eigenvalue weighted by Gasteiger charge is 2.44. The summed E-state index contributed by atoms with van der Waals surface area (Å²) in [6.45, 7) is 7.67. The van der Waals surface area contributed by atoms with Gasteiger partial charge in [-0.3, -0.25) is 4.90 Å². The summed E-state index contributed by atoms with van der Waals surface area (Å²) >= 11 is 0. The van der Waals surface area contributed by atoms with E-state index in [0.717, 1.165) is 19.5 Å². The quantitative estimate of drug-likeness (QED) is 0.892. The van der Waals surface area contributed by atoms with Gasteiger partial charge in [-0.25, -0.2) is 0 Å². The largest absolute Gasteiger partial charge is 0.393 e. The van der Waals surface area contributed by atoms with Crippen molar-refractivity contribution in [3.05, 3.63) is 34.9 Å². The zero-order valence-electron chi connectivity index (χ0n) is 12.9. The second kappa shape index (κ2) is 5.50. The summed E-state index contributed by atoms with van der Waals surface area (Å²) in [6, 6.07) is 6.81. The van der Waals surface area contributed by atoms with E-state index in [9.17, 15) is 5.11 Å². The molecule has 0 amide bonds. The lowest BCUT2D eigenvalue weighted by molar-refractivity contribution is -0.0120. The van der Waals surface area contributed by atoms with Crippen molar-refractivity contribution >= 4 is 0 Å². The molecule has 1 aromatic rings. The average Bonchev–Trinajstić information content (AvgIpc) is 2.75. The number of aliphatic hydroxyl groups excluding tert-OH is 1. The molecule has 1 aromatic carbocycles. The van der Waals surface area contributed by atoms with Crippen molar-refractivity contribution in [3.63, 3.8) is 0 Å². The SMILES string of the molecule is Cc1ccc(CN2CCC[C@@]3(CCC[C@H]3O)C2)cc1C. The summed E-state index contributed by atoms with van der Waals surface area (Å²) in [5, 5.41) is 10.3. The molecule has 0 bridgehead atoms. The Kier molecular flexibility index (Phi) is 3.87. The van der Waals surface area contributed by atoms with Gasteiger partial charge >= 0.3 is 0 Å². The summed E-state index contributed by atoms with van der Waals surface area (Å²) in [5.74, 6) is 0. The molecular formula is C18H27NO. The first-order valence-corrected chi connectivity index (χ1v) is 8.06. The zero-order valence-corrected chi connectivity index (χ0v) is 12.9. The molecular weight excluding hydrogens is 246 g/mol. The van der Waals surface area contributed by atoms with Crippen LogP contribution in [0.2, 0.25) is 0 Å². The lowest BCUT2D eigenvalue weighted by atomic mass is 9.76. The van der Waals surface area contributed by atoms with Gasteiger partial charge in [0, 0.05) is 18.5 Å². The van der Waals surface area contributed by atoms with Crippen LogP contribution >= 0.6 is 0 Å². The molecule has 110 valence electrons. The fraction of sp³-hybridized carbons (Fsp3) is 0.667. The fourth-order valence-corrected chi connectivity index (χ4v) is 4.15. The predicted molar refractivity (Wildman–Crippen MR) is 82.7 cm³/mol. The molecule has 0 radical (unpaired) electrons. The third-order valence-corrected chi connectivity index (χ3v) is 5.52. The monoisotopic (exact) mass is 273 g/mol. The van der Waals surface area contributed by atoms with E-state index in [2.05, 4.69) is 36.9 Å². The number of nitrogens with zero attached hydrogens (tertiary/aromatic N) is 1. The third kappa shape index (κ3) is 2.64. The van der Waals surface area contributed by atoms with E-state index in [1.165, 1.54) is 48.9 Å². The first-order chi connectivity index (χ1) is 9.59. The first-order valence-electron chi connectivity index (χ1n) is 8.06. The normalized spacial score (nSPS) is 31.1. The lowest BCUT2D eigenvalue weighted by Gasteiger charge is -2.42. The maximum Gasteiger partial charge on any atom is 0.0608 e. The summed E-state index contributed by atoms with van der Waals surface area (Å²) in [7, 11) is 0. The number of likely N-dealkylation sites (tertiary alicyclic amines) is 1. The molecule has 1 N–H and O–H groups in total. The van der Waals surface area contributed by atoms with E-state index < -0.39 is 0 Å². The summed E-state index contributed by atoms with van der Waals surface area (Å²) < 4.78 is 0. The smallest absolute Gasteiger partial charge is 0.0608 e. The highest BCUT2D eigenvalue weighted by Crippen LogP contribution is 2.45. The highest BCUT2D eigenvalue weighted by atomic mass is 16.3. The van der Waals surface area contributed by atoms with Gasteiger partial charge < -0.3 is 5.11 Å². The molecule has 2 fully saturated rings. The molecule has 2 nitrogen and oxygen atoms in total. The Labute approximate surface area is 122 Å². The van der Waals surface area contributed by atoms with Crippen LogP contribution in [0.5, 0.6) is 0 Å². The van der Waals surface area contributed by atoms with Gasteiger partial charge in [0.05, 0.1) is 6.10 Å². The van der Waals surface area contributed by atoms with E-state index >= 15 is 0 Å². The molecule has 1 heterocycles. The highest BCUT2D eigenvalue weighted by molar-refractivity contribution is 5.29. The summed E-state index contributed by atoms with van der Waals surface area (Å²) in [5.41, 5.74) is 4.38. The van der Waals surface area contributed by atoms with Crippen molar-refractivity contribution in [1.29, 1.82) is 0 Å². The molecule has 2 aliphatic rings. The second-order valence-corrected chi connectivity index (χ2v) is 7.00. The summed E-state index contributed by atoms with van der Waals surface area (Å²) in [6.07, 6.45) is 5.83. The average molecular weight is 273 g/mol. The molecule has 1 saturated heterocycles. The molecule has 2 heteroatoms. The van der Waals surface area contributed by atoms with Crippen LogP contribution in [0.1, 0.15) is 48.8 Å². The van der Waals surface area contributed by atoms with Crippen molar-refractivity contribution in [2.24, 2.45) is 5.41 Å². The molecule has 20 heavy (non-hydrogen) atoms. The molecule has 0 unspecified atom stereocenters. The van der Waals surface area contributed by atoms with Gasteiger partial charge in [0.1, 0.15) is 0 Å². The van der Waals surface area contributed by atoms with Crippen LogP contribution in [-0.2, 0) is 6.54 Å². The number of benzene rings is 1. The minimum atomic E-state index is -0.0648. The van der Waals surface area contributed by atoms with Crippen LogP contribution in [0.4, 0.5) is 0 Å². The topological polar surface area (TPSA) is 23.5 Å². The number of hydrogen-bond acceptors (Lipinski definition) is 2. The van der Waals surface area contributed by atoms with Gasteiger partial charge in [0.2, 0.25) is 0 Å².